The SMILES string of the molecule is COCCn1cnc2c1c(=O)n(Cc1ccc(C(=O)OC)cc1)c(=O)n2Cc1ccccc1. The first-order valence-corrected chi connectivity index (χ1v) is 10.4. The molecule has 4 rings (SSSR count). The number of nitrogens with zero attached hydrogens (tertiary/aromatic N) is 4. The standard InChI is InChI=1S/C24H24N4O5/c1-32-13-12-26-16-25-21-20(26)22(29)28(15-18-8-10-19(11-9-18)23(30)33-2)24(31)27(21)14-17-6-4-3-5-7-17/h3-11,16H,12-15H2,1-2H3. The lowest BCUT2D eigenvalue weighted by atomic mass is 10.1. The van der Waals surface area contributed by atoms with Gasteiger partial charge in [0.25, 0.3) is 5.56 Å². The summed E-state index contributed by atoms with van der Waals surface area (Å²) in [4.78, 5) is 42.9. The number of esters is 1. The molecule has 170 valence electrons. The lowest BCUT2D eigenvalue weighted by Gasteiger charge is -2.13. The second kappa shape index (κ2) is 9.66. The Morgan fingerprint density at radius 2 is 1.58 bits per heavy atom. The predicted octanol–water partition coefficient (Wildman–Crippen LogP) is 1.89. The van der Waals surface area contributed by atoms with E-state index in [1.165, 1.54) is 16.2 Å². The number of hydrogen-bond acceptors (Lipinski definition) is 6. The van der Waals surface area contributed by atoms with Gasteiger partial charge in [-0.3, -0.25) is 13.9 Å². The molecule has 0 saturated heterocycles. The van der Waals surface area contributed by atoms with E-state index in [-0.39, 0.29) is 13.1 Å². The number of benzene rings is 2. The number of methoxy groups -OCH3 is 2. The molecule has 2 aromatic heterocycles. The van der Waals surface area contributed by atoms with Crippen LogP contribution in [0.3, 0.4) is 0 Å². The zero-order chi connectivity index (χ0) is 23.4. The molecule has 9 nitrogen and oxygen atoms in total. The molecule has 0 saturated carbocycles. The van der Waals surface area contributed by atoms with Crippen molar-refractivity contribution in [3.63, 3.8) is 0 Å². The Labute approximate surface area is 189 Å². The minimum absolute atomic E-state index is 0.0549. The van der Waals surface area contributed by atoms with E-state index in [1.807, 2.05) is 30.3 Å². The van der Waals surface area contributed by atoms with Crippen LogP contribution < -0.4 is 11.2 Å². The van der Waals surface area contributed by atoms with Gasteiger partial charge in [0.15, 0.2) is 11.2 Å². The van der Waals surface area contributed by atoms with Gasteiger partial charge in [0.05, 0.1) is 38.7 Å². The molecule has 4 aromatic rings. The second-order valence-corrected chi connectivity index (χ2v) is 7.54. The first kappa shape index (κ1) is 22.2. The molecule has 0 bridgehead atoms. The lowest BCUT2D eigenvalue weighted by molar-refractivity contribution is 0.0600. The number of fused-ring (bicyclic) bond motifs is 1. The van der Waals surface area contributed by atoms with E-state index < -0.39 is 17.2 Å². The summed E-state index contributed by atoms with van der Waals surface area (Å²) in [6, 6.07) is 16.1. The van der Waals surface area contributed by atoms with E-state index >= 15 is 0 Å². The highest BCUT2D eigenvalue weighted by Gasteiger charge is 2.19. The molecular weight excluding hydrogens is 424 g/mol. The number of carbonyl (C=O) groups excluding carboxylic acids is 1. The van der Waals surface area contributed by atoms with Crippen molar-refractivity contribution in [3.05, 3.63) is 98.5 Å². The van der Waals surface area contributed by atoms with Crippen LogP contribution in [-0.4, -0.2) is 45.5 Å². The first-order valence-electron chi connectivity index (χ1n) is 10.4. The Morgan fingerprint density at radius 3 is 2.24 bits per heavy atom. The van der Waals surface area contributed by atoms with Crippen molar-refractivity contribution in [2.75, 3.05) is 20.8 Å². The Bertz CT molecular complexity index is 1380. The molecule has 0 amide bonds. The molecule has 2 heterocycles. The highest BCUT2D eigenvalue weighted by atomic mass is 16.5. The van der Waals surface area contributed by atoms with Crippen LogP contribution in [0.4, 0.5) is 0 Å². The summed E-state index contributed by atoms with van der Waals surface area (Å²) in [5, 5.41) is 0. The van der Waals surface area contributed by atoms with Gasteiger partial charge in [-0.25, -0.2) is 14.6 Å². The van der Waals surface area contributed by atoms with Crippen LogP contribution in [0.5, 0.6) is 0 Å². The molecule has 9 heteroatoms. The Hall–Kier alpha value is -3.98. The van der Waals surface area contributed by atoms with Gasteiger partial charge in [0.1, 0.15) is 0 Å². The normalized spacial score (nSPS) is 11.1. The van der Waals surface area contributed by atoms with E-state index in [4.69, 9.17) is 9.47 Å². The molecule has 0 fully saturated rings. The third kappa shape index (κ3) is 4.49. The summed E-state index contributed by atoms with van der Waals surface area (Å²) in [6.07, 6.45) is 1.56. The molecule has 0 unspecified atom stereocenters. The molecule has 0 aliphatic carbocycles. The van der Waals surface area contributed by atoms with Gasteiger partial charge in [-0.15, -0.1) is 0 Å². The number of ether oxygens (including phenoxy) is 2. The van der Waals surface area contributed by atoms with Gasteiger partial charge < -0.3 is 14.0 Å². The summed E-state index contributed by atoms with van der Waals surface area (Å²) >= 11 is 0. The second-order valence-electron chi connectivity index (χ2n) is 7.54. The minimum atomic E-state index is -0.453. The van der Waals surface area contributed by atoms with Crippen LogP contribution in [0.15, 0.2) is 70.5 Å². The maximum Gasteiger partial charge on any atom is 0.337 e. The van der Waals surface area contributed by atoms with Gasteiger partial charge in [-0.1, -0.05) is 42.5 Å². The first-order chi connectivity index (χ1) is 16.0. The van der Waals surface area contributed by atoms with Crippen molar-refractivity contribution < 1.29 is 14.3 Å². The quantitative estimate of drug-likeness (QED) is 0.382. The highest BCUT2D eigenvalue weighted by Crippen LogP contribution is 2.11. The van der Waals surface area contributed by atoms with Crippen LogP contribution in [0.2, 0.25) is 0 Å². The number of rotatable bonds is 8. The average Bonchev–Trinajstić information content (AvgIpc) is 3.27. The van der Waals surface area contributed by atoms with Crippen molar-refractivity contribution in [2.24, 2.45) is 0 Å². The zero-order valence-electron chi connectivity index (χ0n) is 18.4. The monoisotopic (exact) mass is 448 g/mol. The van der Waals surface area contributed by atoms with Gasteiger partial charge in [0, 0.05) is 13.7 Å². The number of imidazole rings is 1. The fraction of sp³-hybridized carbons (Fsp3) is 0.250. The van der Waals surface area contributed by atoms with Gasteiger partial charge in [0.2, 0.25) is 0 Å². The molecule has 33 heavy (non-hydrogen) atoms. The van der Waals surface area contributed by atoms with Crippen molar-refractivity contribution >= 4 is 17.1 Å². The van der Waals surface area contributed by atoms with Crippen molar-refractivity contribution in [1.29, 1.82) is 0 Å². The minimum Gasteiger partial charge on any atom is -0.465 e. The van der Waals surface area contributed by atoms with E-state index in [0.717, 1.165) is 5.56 Å². The fourth-order valence-electron chi connectivity index (χ4n) is 3.69. The number of hydrogen-bond donors (Lipinski definition) is 0. The third-order valence-electron chi connectivity index (χ3n) is 5.42. The summed E-state index contributed by atoms with van der Waals surface area (Å²) < 4.78 is 14.3. The van der Waals surface area contributed by atoms with Gasteiger partial charge in [-0.2, -0.15) is 0 Å². The van der Waals surface area contributed by atoms with Crippen LogP contribution in [0, 0.1) is 0 Å². The van der Waals surface area contributed by atoms with Crippen LogP contribution in [0.25, 0.3) is 11.2 Å². The van der Waals surface area contributed by atoms with Crippen molar-refractivity contribution in [3.8, 4) is 0 Å². The van der Waals surface area contributed by atoms with Crippen LogP contribution >= 0.6 is 0 Å². The maximum atomic E-state index is 13.4. The third-order valence-corrected chi connectivity index (χ3v) is 5.42. The Morgan fingerprint density at radius 1 is 0.909 bits per heavy atom. The van der Waals surface area contributed by atoms with Crippen molar-refractivity contribution in [1.82, 2.24) is 18.7 Å². The topological polar surface area (TPSA) is 97.4 Å². The fourth-order valence-corrected chi connectivity index (χ4v) is 3.69. The molecule has 2 aromatic carbocycles. The molecule has 0 atom stereocenters. The molecule has 0 N–H and O–H groups in total. The largest absolute Gasteiger partial charge is 0.465 e. The van der Waals surface area contributed by atoms with E-state index in [0.29, 0.717) is 35.4 Å². The molecule has 0 radical (unpaired) electrons. The smallest absolute Gasteiger partial charge is 0.337 e. The summed E-state index contributed by atoms with van der Waals surface area (Å²) in [5.74, 6) is -0.451. The summed E-state index contributed by atoms with van der Waals surface area (Å²) in [5.41, 5.74) is 1.81. The summed E-state index contributed by atoms with van der Waals surface area (Å²) in [7, 11) is 2.90. The van der Waals surface area contributed by atoms with E-state index in [1.54, 1.807) is 42.3 Å². The molecule has 0 aliphatic rings. The van der Waals surface area contributed by atoms with Crippen LogP contribution in [0.1, 0.15) is 21.5 Å². The van der Waals surface area contributed by atoms with Gasteiger partial charge >= 0.3 is 11.7 Å². The number of carbonyl (C=O) groups is 1. The predicted molar refractivity (Wildman–Crippen MR) is 123 cm³/mol. The molecular formula is C24H24N4O5. The number of aromatic nitrogens is 4. The maximum absolute atomic E-state index is 13.4. The highest BCUT2D eigenvalue weighted by molar-refractivity contribution is 5.89. The molecule has 0 spiro atoms. The zero-order valence-corrected chi connectivity index (χ0v) is 18.4. The average molecular weight is 448 g/mol. The lowest BCUT2D eigenvalue weighted by Crippen LogP contribution is -2.41. The molecule has 0 aliphatic heterocycles. The van der Waals surface area contributed by atoms with E-state index in [2.05, 4.69) is 4.98 Å². The van der Waals surface area contributed by atoms with E-state index in [9.17, 15) is 14.4 Å². The van der Waals surface area contributed by atoms with Crippen LogP contribution in [-0.2, 0) is 29.1 Å². The Balaban J connectivity index is 1.83. The Kier molecular flexibility index (Phi) is 6.50. The summed E-state index contributed by atoms with van der Waals surface area (Å²) in [6.45, 7) is 1.16. The van der Waals surface area contributed by atoms with Gasteiger partial charge in [-0.05, 0) is 23.3 Å². The van der Waals surface area contributed by atoms with Crippen molar-refractivity contribution in [2.45, 2.75) is 19.6 Å².